The van der Waals surface area contributed by atoms with E-state index in [4.69, 9.17) is 10.5 Å². The number of ether oxygens (including phenoxy) is 1. The van der Waals surface area contributed by atoms with Crippen molar-refractivity contribution in [1.82, 2.24) is 0 Å². The second-order valence-electron chi connectivity index (χ2n) is 5.21. The van der Waals surface area contributed by atoms with Crippen LogP contribution >= 0.6 is 0 Å². The summed E-state index contributed by atoms with van der Waals surface area (Å²) in [5.41, 5.74) is 7.79. The van der Waals surface area contributed by atoms with Crippen LogP contribution in [0.4, 0.5) is 11.4 Å². The zero-order valence-corrected chi connectivity index (χ0v) is 11.5. The number of piperidine rings is 1. The summed E-state index contributed by atoms with van der Waals surface area (Å²) in [4.78, 5) is 2.39. The molecule has 1 fully saturated rings. The average Bonchev–Trinajstić information content (AvgIpc) is 2.50. The number of anilines is 2. The van der Waals surface area contributed by atoms with Crippen molar-refractivity contribution in [2.45, 2.75) is 18.9 Å². The third-order valence-electron chi connectivity index (χ3n) is 3.75. The lowest BCUT2D eigenvalue weighted by Crippen LogP contribution is -2.38. The molecule has 3 nitrogen and oxygen atoms in total. The monoisotopic (exact) mass is 268 g/mol. The maximum absolute atomic E-state index is 6.01. The summed E-state index contributed by atoms with van der Waals surface area (Å²) in [5, 5.41) is 0. The highest BCUT2D eigenvalue weighted by molar-refractivity contribution is 5.53. The number of benzene rings is 2. The molecule has 0 radical (unpaired) electrons. The van der Waals surface area contributed by atoms with E-state index in [9.17, 15) is 0 Å². The molecule has 3 rings (SSSR count). The fraction of sp³-hybridized carbons (Fsp3) is 0.294. The minimum Gasteiger partial charge on any atom is -0.490 e. The highest BCUT2D eigenvalue weighted by atomic mass is 16.5. The maximum Gasteiger partial charge on any atom is 0.119 e. The molecule has 0 aliphatic carbocycles. The van der Waals surface area contributed by atoms with Crippen LogP contribution in [0.25, 0.3) is 0 Å². The first kappa shape index (κ1) is 12.9. The summed E-state index contributed by atoms with van der Waals surface area (Å²) in [5.74, 6) is 0.971. The summed E-state index contributed by atoms with van der Waals surface area (Å²) in [6.45, 7) is 2.06. The van der Waals surface area contributed by atoms with Crippen molar-refractivity contribution >= 4 is 11.4 Å². The van der Waals surface area contributed by atoms with Gasteiger partial charge in [0.25, 0.3) is 0 Å². The third kappa shape index (κ3) is 3.05. The molecule has 0 saturated carbocycles. The van der Waals surface area contributed by atoms with Crippen LogP contribution in [-0.4, -0.2) is 19.2 Å². The van der Waals surface area contributed by atoms with E-state index >= 15 is 0 Å². The number of hydrogen-bond acceptors (Lipinski definition) is 3. The summed E-state index contributed by atoms with van der Waals surface area (Å²) in [6.07, 6.45) is 2.43. The lowest BCUT2D eigenvalue weighted by Gasteiger charge is -2.33. The van der Waals surface area contributed by atoms with Gasteiger partial charge in [-0.2, -0.15) is 0 Å². The first-order valence-electron chi connectivity index (χ1n) is 7.13. The number of para-hydroxylation sites is 1. The van der Waals surface area contributed by atoms with E-state index < -0.39 is 0 Å². The van der Waals surface area contributed by atoms with E-state index in [1.54, 1.807) is 0 Å². The smallest absolute Gasteiger partial charge is 0.119 e. The van der Waals surface area contributed by atoms with Crippen LogP contribution < -0.4 is 15.4 Å². The van der Waals surface area contributed by atoms with Gasteiger partial charge >= 0.3 is 0 Å². The predicted molar refractivity (Wildman–Crippen MR) is 83.2 cm³/mol. The Labute approximate surface area is 120 Å². The SMILES string of the molecule is Nc1ccc(N2CCC(Oc3ccccc3)CC2)cc1. The van der Waals surface area contributed by atoms with Crippen molar-refractivity contribution in [2.75, 3.05) is 23.7 Å². The third-order valence-corrected chi connectivity index (χ3v) is 3.75. The van der Waals surface area contributed by atoms with Gasteiger partial charge in [-0.05, 0) is 36.4 Å². The van der Waals surface area contributed by atoms with Crippen LogP contribution in [0.2, 0.25) is 0 Å². The Morgan fingerprint density at radius 1 is 0.900 bits per heavy atom. The van der Waals surface area contributed by atoms with Crippen LogP contribution in [0, 0.1) is 0 Å². The van der Waals surface area contributed by atoms with E-state index in [-0.39, 0.29) is 0 Å². The molecule has 2 aromatic carbocycles. The topological polar surface area (TPSA) is 38.5 Å². The van der Waals surface area contributed by atoms with Crippen molar-refractivity contribution in [2.24, 2.45) is 0 Å². The van der Waals surface area contributed by atoms with Crippen LogP contribution in [0.5, 0.6) is 5.75 Å². The molecule has 0 unspecified atom stereocenters. The molecule has 0 atom stereocenters. The van der Waals surface area contributed by atoms with Gasteiger partial charge in [-0.25, -0.2) is 0 Å². The molecule has 1 saturated heterocycles. The van der Waals surface area contributed by atoms with E-state index in [0.29, 0.717) is 6.10 Å². The minimum atomic E-state index is 0.322. The van der Waals surface area contributed by atoms with E-state index in [2.05, 4.69) is 17.0 Å². The first-order valence-corrected chi connectivity index (χ1v) is 7.13. The zero-order valence-electron chi connectivity index (χ0n) is 11.5. The Morgan fingerprint density at radius 3 is 2.20 bits per heavy atom. The van der Waals surface area contributed by atoms with E-state index in [1.807, 2.05) is 42.5 Å². The molecule has 1 heterocycles. The van der Waals surface area contributed by atoms with Gasteiger partial charge in [-0.3, -0.25) is 0 Å². The number of nitrogens with zero attached hydrogens (tertiary/aromatic N) is 1. The van der Waals surface area contributed by atoms with Gasteiger partial charge < -0.3 is 15.4 Å². The summed E-state index contributed by atoms with van der Waals surface area (Å²) >= 11 is 0. The molecule has 0 spiro atoms. The molecule has 3 heteroatoms. The number of hydrogen-bond donors (Lipinski definition) is 1. The molecule has 1 aliphatic heterocycles. The number of rotatable bonds is 3. The molecular formula is C17H20N2O. The van der Waals surface area contributed by atoms with E-state index in [0.717, 1.165) is 37.4 Å². The Hall–Kier alpha value is -2.16. The molecule has 20 heavy (non-hydrogen) atoms. The second-order valence-corrected chi connectivity index (χ2v) is 5.21. The van der Waals surface area contributed by atoms with Gasteiger partial charge in [0.1, 0.15) is 11.9 Å². The molecule has 0 aromatic heterocycles. The Kier molecular flexibility index (Phi) is 3.77. The second kappa shape index (κ2) is 5.87. The Morgan fingerprint density at radius 2 is 1.55 bits per heavy atom. The van der Waals surface area contributed by atoms with Gasteiger partial charge in [-0.15, -0.1) is 0 Å². The lowest BCUT2D eigenvalue weighted by atomic mass is 10.1. The Bertz CT molecular complexity index is 531. The highest BCUT2D eigenvalue weighted by Crippen LogP contribution is 2.23. The van der Waals surface area contributed by atoms with Crippen LogP contribution in [0.1, 0.15) is 12.8 Å². The van der Waals surface area contributed by atoms with Crippen molar-refractivity contribution in [3.63, 3.8) is 0 Å². The van der Waals surface area contributed by atoms with Crippen LogP contribution in [0.3, 0.4) is 0 Å². The van der Waals surface area contributed by atoms with Crippen molar-refractivity contribution < 1.29 is 4.74 Å². The van der Waals surface area contributed by atoms with Gasteiger partial charge in [0.05, 0.1) is 0 Å². The molecule has 0 amide bonds. The van der Waals surface area contributed by atoms with Gasteiger partial charge in [0.15, 0.2) is 0 Å². The number of nitrogens with two attached hydrogens (primary N) is 1. The quantitative estimate of drug-likeness (QED) is 0.868. The molecule has 2 N–H and O–H groups in total. The molecule has 1 aliphatic rings. The lowest BCUT2D eigenvalue weighted by molar-refractivity contribution is 0.171. The predicted octanol–water partition coefficient (Wildman–Crippen LogP) is 3.32. The van der Waals surface area contributed by atoms with Gasteiger partial charge in [-0.1, -0.05) is 18.2 Å². The largest absolute Gasteiger partial charge is 0.490 e. The zero-order chi connectivity index (χ0) is 13.8. The highest BCUT2D eigenvalue weighted by Gasteiger charge is 2.20. The van der Waals surface area contributed by atoms with Crippen LogP contribution in [0.15, 0.2) is 54.6 Å². The maximum atomic E-state index is 6.01. The van der Waals surface area contributed by atoms with Gasteiger partial charge in [0, 0.05) is 37.3 Å². The van der Waals surface area contributed by atoms with Gasteiger partial charge in [0.2, 0.25) is 0 Å². The van der Waals surface area contributed by atoms with E-state index in [1.165, 1.54) is 5.69 Å². The fourth-order valence-electron chi connectivity index (χ4n) is 2.61. The summed E-state index contributed by atoms with van der Waals surface area (Å²) < 4.78 is 6.01. The Balaban J connectivity index is 1.55. The average molecular weight is 268 g/mol. The molecule has 2 aromatic rings. The summed E-state index contributed by atoms with van der Waals surface area (Å²) in [6, 6.07) is 18.2. The fourth-order valence-corrected chi connectivity index (χ4v) is 2.61. The standard InChI is InChI=1S/C17H20N2O/c18-14-6-8-15(9-7-14)19-12-10-17(11-13-19)20-16-4-2-1-3-5-16/h1-9,17H,10-13,18H2. The normalized spacial score (nSPS) is 16.1. The minimum absolute atomic E-state index is 0.322. The molecule has 104 valence electrons. The first-order chi connectivity index (χ1) is 9.81. The molecular weight excluding hydrogens is 248 g/mol. The van der Waals surface area contributed by atoms with Crippen molar-refractivity contribution in [3.8, 4) is 5.75 Å². The van der Waals surface area contributed by atoms with Crippen LogP contribution in [-0.2, 0) is 0 Å². The molecule has 0 bridgehead atoms. The van der Waals surface area contributed by atoms with Crippen molar-refractivity contribution in [3.05, 3.63) is 54.6 Å². The van der Waals surface area contributed by atoms with Crippen molar-refractivity contribution in [1.29, 1.82) is 0 Å². The number of nitrogen functional groups attached to an aromatic ring is 1. The summed E-state index contributed by atoms with van der Waals surface area (Å²) in [7, 11) is 0.